The van der Waals surface area contributed by atoms with Gasteiger partial charge in [0.15, 0.2) is 0 Å². The number of rotatable bonds is 4. The van der Waals surface area contributed by atoms with E-state index in [-0.39, 0.29) is 0 Å². The third kappa shape index (κ3) is 2.82. The van der Waals surface area contributed by atoms with Gasteiger partial charge in [-0.1, -0.05) is 6.08 Å². The van der Waals surface area contributed by atoms with E-state index in [9.17, 15) is 0 Å². The van der Waals surface area contributed by atoms with Crippen LogP contribution in [-0.2, 0) is 0 Å². The van der Waals surface area contributed by atoms with Crippen molar-refractivity contribution in [1.82, 2.24) is 10.2 Å². The van der Waals surface area contributed by atoms with Crippen LogP contribution >= 0.6 is 0 Å². The molecule has 2 heteroatoms. The number of piperidine rings is 1. The summed E-state index contributed by atoms with van der Waals surface area (Å²) >= 11 is 0. The van der Waals surface area contributed by atoms with E-state index in [1.54, 1.807) is 0 Å². The number of nitrogens with one attached hydrogen (secondary N) is 1. The van der Waals surface area contributed by atoms with Crippen molar-refractivity contribution in [3.8, 4) is 0 Å². The third-order valence-electron chi connectivity index (χ3n) is 3.86. The monoisotopic (exact) mass is 208 g/mol. The lowest BCUT2D eigenvalue weighted by molar-refractivity contribution is 0.162. The topological polar surface area (TPSA) is 15.3 Å². The van der Waals surface area contributed by atoms with Gasteiger partial charge in [-0.15, -0.1) is 6.58 Å². The number of fused-ring (bicyclic) bond motifs is 1. The fourth-order valence-electron chi connectivity index (χ4n) is 3.10. The zero-order chi connectivity index (χ0) is 10.7. The molecule has 2 fully saturated rings. The molecule has 0 saturated carbocycles. The van der Waals surface area contributed by atoms with Crippen molar-refractivity contribution in [2.24, 2.45) is 0 Å². The Kier molecular flexibility index (Phi) is 3.81. The molecular formula is C13H24N2. The van der Waals surface area contributed by atoms with E-state index in [0.29, 0.717) is 6.04 Å². The minimum Gasteiger partial charge on any atom is -0.311 e. The molecule has 0 aromatic heterocycles. The van der Waals surface area contributed by atoms with E-state index in [1.165, 1.54) is 38.8 Å². The molecule has 0 aromatic rings. The summed E-state index contributed by atoms with van der Waals surface area (Å²) in [5.41, 5.74) is 0. The quantitative estimate of drug-likeness (QED) is 0.712. The Labute approximate surface area is 93.7 Å². The lowest BCUT2D eigenvalue weighted by Crippen LogP contribution is -2.47. The van der Waals surface area contributed by atoms with E-state index in [1.807, 2.05) is 6.08 Å². The highest BCUT2D eigenvalue weighted by Crippen LogP contribution is 2.27. The standard InChI is InChI=1S/C13H24N2/c1-3-5-11(2)14-12-7-9-15-8-4-6-13(15)10-12/h3,11-14H,1,4-10H2,2H3. The third-order valence-corrected chi connectivity index (χ3v) is 3.86. The number of hydrogen-bond donors (Lipinski definition) is 1. The molecule has 86 valence electrons. The Morgan fingerprint density at radius 3 is 3.13 bits per heavy atom. The first-order chi connectivity index (χ1) is 7.29. The molecule has 2 rings (SSSR count). The molecule has 0 radical (unpaired) electrons. The van der Waals surface area contributed by atoms with Gasteiger partial charge in [-0.25, -0.2) is 0 Å². The first-order valence-corrected chi connectivity index (χ1v) is 6.40. The molecule has 1 N–H and O–H groups in total. The maximum Gasteiger partial charge on any atom is 0.0111 e. The zero-order valence-corrected chi connectivity index (χ0v) is 9.91. The molecule has 15 heavy (non-hydrogen) atoms. The molecule has 0 bridgehead atoms. The predicted octanol–water partition coefficient (Wildman–Crippen LogP) is 2.17. The van der Waals surface area contributed by atoms with Crippen LogP contribution in [0.4, 0.5) is 0 Å². The van der Waals surface area contributed by atoms with Crippen molar-refractivity contribution in [3.05, 3.63) is 12.7 Å². The highest BCUT2D eigenvalue weighted by atomic mass is 15.2. The first kappa shape index (κ1) is 11.2. The summed E-state index contributed by atoms with van der Waals surface area (Å²) in [7, 11) is 0. The molecule has 2 aliphatic rings. The second-order valence-corrected chi connectivity index (χ2v) is 5.15. The van der Waals surface area contributed by atoms with Gasteiger partial charge in [0.25, 0.3) is 0 Å². The van der Waals surface area contributed by atoms with Crippen LogP contribution in [0.3, 0.4) is 0 Å². The van der Waals surface area contributed by atoms with Crippen LogP contribution in [0.2, 0.25) is 0 Å². The largest absolute Gasteiger partial charge is 0.311 e. The smallest absolute Gasteiger partial charge is 0.0111 e. The second-order valence-electron chi connectivity index (χ2n) is 5.15. The van der Waals surface area contributed by atoms with Gasteiger partial charge in [-0.3, -0.25) is 0 Å². The Morgan fingerprint density at radius 1 is 1.47 bits per heavy atom. The lowest BCUT2D eigenvalue weighted by atomic mass is 9.96. The average molecular weight is 208 g/mol. The van der Waals surface area contributed by atoms with Crippen molar-refractivity contribution < 1.29 is 0 Å². The summed E-state index contributed by atoms with van der Waals surface area (Å²) in [6.07, 6.45) is 8.64. The fourth-order valence-corrected chi connectivity index (χ4v) is 3.10. The number of nitrogens with zero attached hydrogens (tertiary/aromatic N) is 1. The molecule has 3 unspecified atom stereocenters. The van der Waals surface area contributed by atoms with Crippen LogP contribution in [0, 0.1) is 0 Å². The highest BCUT2D eigenvalue weighted by molar-refractivity contribution is 4.90. The molecule has 0 spiro atoms. The maximum absolute atomic E-state index is 3.80. The van der Waals surface area contributed by atoms with Crippen molar-refractivity contribution in [3.63, 3.8) is 0 Å². The van der Waals surface area contributed by atoms with Crippen LogP contribution in [0.1, 0.15) is 39.0 Å². The summed E-state index contributed by atoms with van der Waals surface area (Å²) in [6.45, 7) is 8.72. The molecule has 0 amide bonds. The molecule has 2 saturated heterocycles. The van der Waals surface area contributed by atoms with Crippen molar-refractivity contribution >= 4 is 0 Å². The van der Waals surface area contributed by atoms with Crippen LogP contribution < -0.4 is 5.32 Å². The van der Waals surface area contributed by atoms with E-state index < -0.39 is 0 Å². The SMILES string of the molecule is C=CCC(C)NC1CCN2CCCC2C1. The summed E-state index contributed by atoms with van der Waals surface area (Å²) < 4.78 is 0. The van der Waals surface area contributed by atoms with E-state index in [2.05, 4.69) is 23.7 Å². The molecule has 2 nitrogen and oxygen atoms in total. The van der Waals surface area contributed by atoms with E-state index >= 15 is 0 Å². The van der Waals surface area contributed by atoms with Gasteiger partial charge >= 0.3 is 0 Å². The van der Waals surface area contributed by atoms with Gasteiger partial charge in [0, 0.05) is 18.1 Å². The molecular weight excluding hydrogens is 184 g/mol. The average Bonchev–Trinajstić information content (AvgIpc) is 2.65. The van der Waals surface area contributed by atoms with Crippen LogP contribution in [-0.4, -0.2) is 36.1 Å². The summed E-state index contributed by atoms with van der Waals surface area (Å²) in [6, 6.07) is 2.23. The van der Waals surface area contributed by atoms with E-state index in [0.717, 1.165) is 18.5 Å². The zero-order valence-electron chi connectivity index (χ0n) is 9.91. The Hall–Kier alpha value is -0.340. The molecule has 3 atom stereocenters. The van der Waals surface area contributed by atoms with Crippen LogP contribution in [0.25, 0.3) is 0 Å². The van der Waals surface area contributed by atoms with Gasteiger partial charge in [0.2, 0.25) is 0 Å². The highest BCUT2D eigenvalue weighted by Gasteiger charge is 2.31. The maximum atomic E-state index is 3.80. The molecule has 0 aliphatic carbocycles. The van der Waals surface area contributed by atoms with Gasteiger partial charge in [-0.05, 0) is 52.1 Å². The van der Waals surface area contributed by atoms with Gasteiger partial charge in [-0.2, -0.15) is 0 Å². The van der Waals surface area contributed by atoms with E-state index in [4.69, 9.17) is 0 Å². The van der Waals surface area contributed by atoms with Crippen LogP contribution in [0.15, 0.2) is 12.7 Å². The number of hydrogen-bond acceptors (Lipinski definition) is 2. The molecule has 2 heterocycles. The van der Waals surface area contributed by atoms with Crippen molar-refractivity contribution in [2.45, 2.75) is 57.2 Å². The molecule has 2 aliphatic heterocycles. The Balaban J connectivity index is 1.77. The van der Waals surface area contributed by atoms with Crippen molar-refractivity contribution in [2.75, 3.05) is 13.1 Å². The second kappa shape index (κ2) is 5.13. The minimum absolute atomic E-state index is 0.598. The summed E-state index contributed by atoms with van der Waals surface area (Å²) in [5, 5.41) is 3.73. The van der Waals surface area contributed by atoms with Gasteiger partial charge in [0.1, 0.15) is 0 Å². The summed E-state index contributed by atoms with van der Waals surface area (Å²) in [5.74, 6) is 0. The van der Waals surface area contributed by atoms with Crippen LogP contribution in [0.5, 0.6) is 0 Å². The fraction of sp³-hybridized carbons (Fsp3) is 0.846. The first-order valence-electron chi connectivity index (χ1n) is 6.40. The van der Waals surface area contributed by atoms with Crippen molar-refractivity contribution in [1.29, 1.82) is 0 Å². The van der Waals surface area contributed by atoms with Gasteiger partial charge in [0.05, 0.1) is 0 Å². The predicted molar refractivity (Wildman–Crippen MR) is 65.0 cm³/mol. The normalized spacial score (nSPS) is 33.7. The van der Waals surface area contributed by atoms with Gasteiger partial charge < -0.3 is 10.2 Å². The lowest BCUT2D eigenvalue weighted by Gasteiger charge is -2.36. The Bertz CT molecular complexity index is 215. The molecule has 0 aromatic carbocycles. The minimum atomic E-state index is 0.598. The Morgan fingerprint density at radius 2 is 2.33 bits per heavy atom. The summed E-state index contributed by atoms with van der Waals surface area (Å²) in [4.78, 5) is 2.68.